The molecular weight excluding hydrogens is 232 g/mol. The summed E-state index contributed by atoms with van der Waals surface area (Å²) < 4.78 is 1.78. The van der Waals surface area contributed by atoms with Gasteiger partial charge in [0.2, 0.25) is 0 Å². The summed E-state index contributed by atoms with van der Waals surface area (Å²) in [6.45, 7) is 0. The van der Waals surface area contributed by atoms with Gasteiger partial charge in [-0.3, -0.25) is 0 Å². The standard InChI is InChI=1S/C9H7ClN4S/c10-6-1-2-7-8(5-6)15-4-3-9-11-12-13-14(7)9/h1-2,5H,3-4H2. The highest BCUT2D eigenvalue weighted by Crippen LogP contribution is 2.31. The minimum Gasteiger partial charge on any atom is -0.196 e. The summed E-state index contributed by atoms with van der Waals surface area (Å²) in [6, 6.07) is 5.77. The van der Waals surface area contributed by atoms with E-state index >= 15 is 0 Å². The van der Waals surface area contributed by atoms with Crippen molar-refractivity contribution in [1.29, 1.82) is 0 Å². The molecular formula is C9H7ClN4S. The summed E-state index contributed by atoms with van der Waals surface area (Å²) in [4.78, 5) is 1.13. The summed E-state index contributed by atoms with van der Waals surface area (Å²) in [5.74, 6) is 1.89. The topological polar surface area (TPSA) is 43.6 Å². The number of thioether (sulfide) groups is 1. The number of hydrogen-bond acceptors (Lipinski definition) is 4. The number of rotatable bonds is 0. The minimum atomic E-state index is 0.748. The lowest BCUT2D eigenvalue weighted by Crippen LogP contribution is -2.02. The highest BCUT2D eigenvalue weighted by Gasteiger charge is 2.16. The first-order valence-electron chi connectivity index (χ1n) is 4.54. The van der Waals surface area contributed by atoms with Gasteiger partial charge in [0.25, 0.3) is 0 Å². The quantitative estimate of drug-likeness (QED) is 0.704. The predicted octanol–water partition coefficient (Wildman–Crippen LogP) is 1.96. The molecule has 0 saturated carbocycles. The molecule has 0 N–H and O–H groups in total. The monoisotopic (exact) mass is 238 g/mol. The summed E-state index contributed by atoms with van der Waals surface area (Å²) in [6.07, 6.45) is 0.879. The number of nitrogens with zero attached hydrogens (tertiary/aromatic N) is 4. The third-order valence-electron chi connectivity index (χ3n) is 2.27. The average molecular weight is 239 g/mol. The molecule has 76 valence electrons. The van der Waals surface area contributed by atoms with Gasteiger partial charge in [-0.15, -0.1) is 16.9 Å². The van der Waals surface area contributed by atoms with E-state index in [2.05, 4.69) is 15.5 Å². The first-order valence-corrected chi connectivity index (χ1v) is 5.91. The largest absolute Gasteiger partial charge is 0.196 e. The molecule has 1 aromatic heterocycles. The Kier molecular flexibility index (Phi) is 2.14. The van der Waals surface area contributed by atoms with Gasteiger partial charge in [-0.05, 0) is 28.6 Å². The van der Waals surface area contributed by atoms with Crippen LogP contribution in [0.1, 0.15) is 5.82 Å². The van der Waals surface area contributed by atoms with Crippen LogP contribution >= 0.6 is 23.4 Å². The van der Waals surface area contributed by atoms with Crippen LogP contribution in [0, 0.1) is 0 Å². The molecule has 4 nitrogen and oxygen atoms in total. The summed E-state index contributed by atoms with van der Waals surface area (Å²) in [5.41, 5.74) is 1.02. The molecule has 6 heteroatoms. The second-order valence-corrected chi connectivity index (χ2v) is 4.79. The number of fused-ring (bicyclic) bond motifs is 3. The van der Waals surface area contributed by atoms with Gasteiger partial charge in [0, 0.05) is 22.1 Å². The van der Waals surface area contributed by atoms with Gasteiger partial charge in [0.05, 0.1) is 5.69 Å². The van der Waals surface area contributed by atoms with Crippen LogP contribution in [0.25, 0.3) is 5.69 Å². The van der Waals surface area contributed by atoms with E-state index in [-0.39, 0.29) is 0 Å². The third-order valence-corrected chi connectivity index (χ3v) is 3.55. The summed E-state index contributed by atoms with van der Waals surface area (Å²) in [7, 11) is 0. The molecule has 1 aromatic carbocycles. The molecule has 15 heavy (non-hydrogen) atoms. The van der Waals surface area contributed by atoms with Crippen LogP contribution in [-0.4, -0.2) is 26.0 Å². The van der Waals surface area contributed by atoms with E-state index < -0.39 is 0 Å². The number of tetrazole rings is 1. The molecule has 1 aliphatic rings. The first-order chi connectivity index (χ1) is 7.34. The smallest absolute Gasteiger partial charge is 0.157 e. The Morgan fingerprint density at radius 2 is 2.33 bits per heavy atom. The molecule has 0 saturated heterocycles. The van der Waals surface area contributed by atoms with Crippen molar-refractivity contribution in [2.45, 2.75) is 11.3 Å². The Morgan fingerprint density at radius 3 is 3.27 bits per heavy atom. The van der Waals surface area contributed by atoms with Crippen LogP contribution in [-0.2, 0) is 6.42 Å². The third kappa shape index (κ3) is 1.52. The maximum atomic E-state index is 5.96. The lowest BCUT2D eigenvalue weighted by molar-refractivity contribution is 0.761. The number of aromatic nitrogens is 4. The predicted molar refractivity (Wildman–Crippen MR) is 58.6 cm³/mol. The average Bonchev–Trinajstić information content (AvgIpc) is 2.61. The second kappa shape index (κ2) is 3.50. The highest BCUT2D eigenvalue weighted by molar-refractivity contribution is 7.99. The Balaban J connectivity index is 2.25. The van der Waals surface area contributed by atoms with Crippen molar-refractivity contribution in [3.05, 3.63) is 29.0 Å². The molecule has 0 atom stereocenters. The van der Waals surface area contributed by atoms with Crippen molar-refractivity contribution in [3.8, 4) is 5.69 Å². The fourth-order valence-electron chi connectivity index (χ4n) is 1.58. The van der Waals surface area contributed by atoms with Gasteiger partial charge in [-0.25, -0.2) is 0 Å². The zero-order chi connectivity index (χ0) is 10.3. The molecule has 2 heterocycles. The van der Waals surface area contributed by atoms with Crippen LogP contribution in [0.4, 0.5) is 0 Å². The van der Waals surface area contributed by atoms with Gasteiger partial charge in [-0.2, -0.15) is 4.68 Å². The Hall–Kier alpha value is -1.07. The Morgan fingerprint density at radius 1 is 1.40 bits per heavy atom. The van der Waals surface area contributed by atoms with Crippen LogP contribution in [0.3, 0.4) is 0 Å². The van der Waals surface area contributed by atoms with Crippen molar-refractivity contribution in [2.75, 3.05) is 5.75 Å². The van der Waals surface area contributed by atoms with E-state index in [4.69, 9.17) is 11.6 Å². The lowest BCUT2D eigenvalue weighted by atomic mass is 10.3. The van der Waals surface area contributed by atoms with Gasteiger partial charge < -0.3 is 0 Å². The number of aryl methyl sites for hydroxylation is 1. The van der Waals surface area contributed by atoms with E-state index in [0.29, 0.717) is 0 Å². The van der Waals surface area contributed by atoms with E-state index in [1.165, 1.54) is 0 Å². The van der Waals surface area contributed by atoms with Gasteiger partial charge in [0.15, 0.2) is 5.82 Å². The van der Waals surface area contributed by atoms with E-state index in [0.717, 1.165) is 33.6 Å². The molecule has 1 aliphatic heterocycles. The molecule has 0 bridgehead atoms. The fraction of sp³-hybridized carbons (Fsp3) is 0.222. The van der Waals surface area contributed by atoms with Crippen LogP contribution in [0.5, 0.6) is 0 Å². The molecule has 0 aliphatic carbocycles. The molecule has 3 rings (SSSR count). The Bertz CT molecular complexity index is 511. The summed E-state index contributed by atoms with van der Waals surface area (Å²) in [5, 5.41) is 12.4. The molecule has 0 radical (unpaired) electrons. The SMILES string of the molecule is Clc1ccc2c(c1)SCCc1nnnn1-2. The molecule has 0 amide bonds. The minimum absolute atomic E-state index is 0.748. The molecule has 0 spiro atoms. The van der Waals surface area contributed by atoms with Crippen molar-refractivity contribution in [2.24, 2.45) is 0 Å². The van der Waals surface area contributed by atoms with E-state index in [9.17, 15) is 0 Å². The first kappa shape index (κ1) is 9.18. The summed E-state index contributed by atoms with van der Waals surface area (Å²) >= 11 is 7.73. The lowest BCUT2D eigenvalue weighted by Gasteiger charge is -2.05. The van der Waals surface area contributed by atoms with Crippen molar-refractivity contribution < 1.29 is 0 Å². The number of benzene rings is 1. The van der Waals surface area contributed by atoms with E-state index in [1.807, 2.05) is 18.2 Å². The number of hydrogen-bond donors (Lipinski definition) is 0. The van der Waals surface area contributed by atoms with Crippen molar-refractivity contribution in [1.82, 2.24) is 20.2 Å². The maximum absolute atomic E-state index is 5.96. The molecule has 0 unspecified atom stereocenters. The number of halogens is 1. The van der Waals surface area contributed by atoms with Crippen LogP contribution in [0.2, 0.25) is 5.02 Å². The van der Waals surface area contributed by atoms with Gasteiger partial charge in [0.1, 0.15) is 0 Å². The second-order valence-electron chi connectivity index (χ2n) is 3.22. The van der Waals surface area contributed by atoms with Crippen molar-refractivity contribution >= 4 is 23.4 Å². The zero-order valence-electron chi connectivity index (χ0n) is 7.72. The van der Waals surface area contributed by atoms with E-state index in [1.54, 1.807) is 16.4 Å². The fourth-order valence-corrected chi connectivity index (χ4v) is 2.83. The Labute approximate surface area is 95.6 Å². The van der Waals surface area contributed by atoms with Gasteiger partial charge in [-0.1, -0.05) is 11.6 Å². The molecule has 2 aromatic rings. The highest BCUT2D eigenvalue weighted by atomic mass is 35.5. The van der Waals surface area contributed by atoms with Crippen molar-refractivity contribution in [3.63, 3.8) is 0 Å². The maximum Gasteiger partial charge on any atom is 0.157 e. The van der Waals surface area contributed by atoms with Crippen LogP contribution in [0.15, 0.2) is 23.1 Å². The zero-order valence-corrected chi connectivity index (χ0v) is 9.29. The van der Waals surface area contributed by atoms with Gasteiger partial charge >= 0.3 is 0 Å². The molecule has 0 fully saturated rings. The van der Waals surface area contributed by atoms with Crippen LogP contribution < -0.4 is 0 Å². The normalized spacial score (nSPS) is 14.2.